The van der Waals surface area contributed by atoms with Crippen LogP contribution in [0.15, 0.2) is 6.07 Å². The molecule has 0 spiro atoms. The van der Waals surface area contributed by atoms with Crippen LogP contribution in [0.25, 0.3) is 0 Å². The van der Waals surface area contributed by atoms with Crippen molar-refractivity contribution in [3.05, 3.63) is 26.8 Å². The molecule has 1 rings (SSSR count). The highest BCUT2D eigenvalue weighted by Gasteiger charge is 2.20. The van der Waals surface area contributed by atoms with Gasteiger partial charge in [-0.15, -0.1) is 0 Å². The molecule has 1 aromatic heterocycles. The molecule has 0 aromatic carbocycles. The molecule has 1 aromatic rings. The number of nitrogens with zero attached hydrogens (tertiary/aromatic N) is 1. The van der Waals surface area contributed by atoms with Crippen LogP contribution in [-0.2, 0) is 0 Å². The second-order valence-corrected chi connectivity index (χ2v) is 3.46. The zero-order valence-electron chi connectivity index (χ0n) is 6.47. The molecule has 76 valence electrons. The zero-order valence-corrected chi connectivity index (χ0v) is 8.63. The van der Waals surface area contributed by atoms with E-state index in [-0.39, 0.29) is 3.57 Å². The average molecular weight is 317 g/mol. The van der Waals surface area contributed by atoms with Crippen molar-refractivity contribution in [3.8, 4) is 0 Å². The predicted octanol–water partition coefficient (Wildman–Crippen LogP) is 2.46. The molecule has 0 amide bonds. The summed E-state index contributed by atoms with van der Waals surface area (Å²) in [6, 6.07) is 0.812. The number of hydrogen-bond acceptors (Lipinski definition) is 2. The van der Waals surface area contributed by atoms with Crippen molar-refractivity contribution >= 4 is 28.6 Å². The maximum Gasteiger partial charge on any atom is 0.357 e. The van der Waals surface area contributed by atoms with Gasteiger partial charge in [0.25, 0.3) is 6.43 Å². The van der Waals surface area contributed by atoms with Crippen LogP contribution < -0.4 is 0 Å². The summed E-state index contributed by atoms with van der Waals surface area (Å²) in [5.74, 6) is -2.76. The number of hydrogen-bond donors (Lipinski definition) is 1. The lowest BCUT2D eigenvalue weighted by Gasteiger charge is -2.03. The normalized spacial score (nSPS) is 10.6. The Morgan fingerprint density at radius 2 is 2.14 bits per heavy atom. The molecule has 0 unspecified atom stereocenters. The number of aromatic nitrogens is 1. The standard InChI is InChI=1S/C7H3F3INO2/c8-4-2(11)1-3(6(9)10)12-5(4)7(13)14/h1,6H,(H,13,14). The molecule has 0 aliphatic rings. The quantitative estimate of drug-likeness (QED) is 0.853. The number of halogens is 4. The first-order valence-electron chi connectivity index (χ1n) is 3.31. The van der Waals surface area contributed by atoms with Gasteiger partial charge < -0.3 is 5.11 Å². The van der Waals surface area contributed by atoms with Crippen LogP contribution >= 0.6 is 22.6 Å². The highest BCUT2D eigenvalue weighted by atomic mass is 127. The zero-order chi connectivity index (χ0) is 10.9. The van der Waals surface area contributed by atoms with Crippen LogP contribution in [-0.4, -0.2) is 16.1 Å². The molecule has 14 heavy (non-hydrogen) atoms. The van der Waals surface area contributed by atoms with Crippen LogP contribution in [0.2, 0.25) is 0 Å². The van der Waals surface area contributed by atoms with Gasteiger partial charge in [-0.05, 0) is 28.7 Å². The van der Waals surface area contributed by atoms with Gasteiger partial charge in [0.1, 0.15) is 5.69 Å². The van der Waals surface area contributed by atoms with Crippen LogP contribution in [0.5, 0.6) is 0 Å². The van der Waals surface area contributed by atoms with Gasteiger partial charge in [0.15, 0.2) is 11.5 Å². The van der Waals surface area contributed by atoms with Crippen LogP contribution in [0.3, 0.4) is 0 Å². The molecule has 3 nitrogen and oxygen atoms in total. The summed E-state index contributed by atoms with van der Waals surface area (Å²) in [4.78, 5) is 13.4. The molecule has 7 heteroatoms. The summed E-state index contributed by atoms with van der Waals surface area (Å²) in [5.41, 5.74) is -1.72. The topological polar surface area (TPSA) is 50.2 Å². The summed E-state index contributed by atoms with van der Waals surface area (Å²) in [5, 5.41) is 8.45. The maximum absolute atomic E-state index is 13.0. The molecular formula is C7H3F3INO2. The highest BCUT2D eigenvalue weighted by molar-refractivity contribution is 14.1. The number of pyridine rings is 1. The van der Waals surface area contributed by atoms with Crippen molar-refractivity contribution in [2.75, 3.05) is 0 Å². The third kappa shape index (κ3) is 2.14. The van der Waals surface area contributed by atoms with Gasteiger partial charge in [0, 0.05) is 0 Å². The van der Waals surface area contributed by atoms with E-state index in [1.165, 1.54) is 22.6 Å². The van der Waals surface area contributed by atoms with E-state index in [2.05, 4.69) is 4.98 Å². The Hall–Kier alpha value is -0.860. The van der Waals surface area contributed by atoms with E-state index in [4.69, 9.17) is 5.11 Å². The van der Waals surface area contributed by atoms with Crippen molar-refractivity contribution in [1.82, 2.24) is 4.98 Å². The Balaban J connectivity index is 3.35. The fourth-order valence-corrected chi connectivity index (χ4v) is 1.34. The summed E-state index contributed by atoms with van der Waals surface area (Å²) < 4.78 is 37.1. The lowest BCUT2D eigenvalue weighted by molar-refractivity contribution is 0.0682. The van der Waals surface area contributed by atoms with Crippen molar-refractivity contribution in [2.24, 2.45) is 0 Å². The van der Waals surface area contributed by atoms with E-state index in [0.717, 1.165) is 6.07 Å². The third-order valence-electron chi connectivity index (χ3n) is 1.36. The predicted molar refractivity (Wildman–Crippen MR) is 48.8 cm³/mol. The van der Waals surface area contributed by atoms with Gasteiger partial charge in [0.05, 0.1) is 3.57 Å². The molecule has 0 bridgehead atoms. The third-order valence-corrected chi connectivity index (χ3v) is 2.14. The maximum atomic E-state index is 13.0. The average Bonchev–Trinajstić information content (AvgIpc) is 2.08. The van der Waals surface area contributed by atoms with E-state index in [1.807, 2.05) is 0 Å². The van der Waals surface area contributed by atoms with Crippen molar-refractivity contribution in [1.29, 1.82) is 0 Å². The molecule has 0 saturated heterocycles. The fourth-order valence-electron chi connectivity index (χ4n) is 0.770. The largest absolute Gasteiger partial charge is 0.476 e. The van der Waals surface area contributed by atoms with Gasteiger partial charge in [0.2, 0.25) is 0 Å². The molecule has 0 aliphatic carbocycles. The van der Waals surface area contributed by atoms with E-state index in [1.54, 1.807) is 0 Å². The highest BCUT2D eigenvalue weighted by Crippen LogP contribution is 2.22. The minimum Gasteiger partial charge on any atom is -0.476 e. The summed E-state index contributed by atoms with van der Waals surface area (Å²) in [6.45, 7) is 0. The molecule has 0 fully saturated rings. The molecule has 1 heterocycles. The first kappa shape index (κ1) is 11.2. The van der Waals surface area contributed by atoms with Crippen LogP contribution in [0.1, 0.15) is 22.6 Å². The Labute approximate surface area is 90.1 Å². The van der Waals surface area contributed by atoms with E-state index >= 15 is 0 Å². The van der Waals surface area contributed by atoms with E-state index in [0.29, 0.717) is 0 Å². The number of carbonyl (C=O) groups is 1. The Morgan fingerprint density at radius 1 is 1.57 bits per heavy atom. The van der Waals surface area contributed by atoms with Gasteiger partial charge in [-0.25, -0.2) is 22.9 Å². The summed E-state index contributed by atoms with van der Waals surface area (Å²) in [7, 11) is 0. The molecule has 0 atom stereocenters. The fraction of sp³-hybridized carbons (Fsp3) is 0.143. The Kier molecular flexibility index (Phi) is 3.29. The van der Waals surface area contributed by atoms with Crippen LogP contribution in [0.4, 0.5) is 13.2 Å². The number of carboxylic acids is 1. The summed E-state index contributed by atoms with van der Waals surface area (Å²) >= 11 is 1.43. The smallest absolute Gasteiger partial charge is 0.357 e. The number of aromatic carboxylic acids is 1. The number of rotatable bonds is 2. The monoisotopic (exact) mass is 317 g/mol. The molecule has 0 radical (unpaired) electrons. The minimum absolute atomic E-state index is 0.190. The molecule has 1 N–H and O–H groups in total. The second-order valence-electron chi connectivity index (χ2n) is 2.30. The lowest BCUT2D eigenvalue weighted by atomic mass is 10.3. The second kappa shape index (κ2) is 4.11. The molecule has 0 aliphatic heterocycles. The Morgan fingerprint density at radius 3 is 2.57 bits per heavy atom. The first-order chi connectivity index (χ1) is 6.43. The minimum atomic E-state index is -2.91. The number of alkyl halides is 2. The molecule has 0 saturated carbocycles. The van der Waals surface area contributed by atoms with E-state index < -0.39 is 29.6 Å². The lowest BCUT2D eigenvalue weighted by Crippen LogP contribution is -2.08. The van der Waals surface area contributed by atoms with Crippen molar-refractivity contribution in [2.45, 2.75) is 6.43 Å². The van der Waals surface area contributed by atoms with Gasteiger partial charge in [-0.1, -0.05) is 0 Å². The van der Waals surface area contributed by atoms with Gasteiger partial charge in [-0.3, -0.25) is 0 Å². The SMILES string of the molecule is O=C(O)c1nc(C(F)F)cc(I)c1F. The van der Waals surface area contributed by atoms with Gasteiger partial charge in [-0.2, -0.15) is 0 Å². The van der Waals surface area contributed by atoms with Gasteiger partial charge >= 0.3 is 5.97 Å². The number of carboxylic acid groups (broad SMARTS) is 1. The van der Waals surface area contributed by atoms with Crippen molar-refractivity contribution in [3.63, 3.8) is 0 Å². The molecular weight excluding hydrogens is 314 g/mol. The van der Waals surface area contributed by atoms with E-state index in [9.17, 15) is 18.0 Å². The Bertz CT molecular complexity index is 383. The van der Waals surface area contributed by atoms with Crippen molar-refractivity contribution < 1.29 is 23.1 Å². The van der Waals surface area contributed by atoms with Crippen LogP contribution in [0, 0.1) is 9.39 Å². The first-order valence-corrected chi connectivity index (χ1v) is 4.38. The summed E-state index contributed by atoms with van der Waals surface area (Å²) in [6.07, 6.45) is -2.91.